The van der Waals surface area contributed by atoms with Gasteiger partial charge in [0.05, 0.1) is 11.6 Å². The average Bonchev–Trinajstić information content (AvgIpc) is 1.82. The minimum Gasteiger partial charge on any atom is -0.388 e. The standard InChI is InChI=1S/C10H19NO2/c1-7(2)6-9(12)11-8(3)10(4,5)13/h6,8,13H,1-5H3,(H,11,12). The summed E-state index contributed by atoms with van der Waals surface area (Å²) in [6.07, 6.45) is 1.52. The van der Waals surface area contributed by atoms with Gasteiger partial charge in [-0.1, -0.05) is 5.57 Å². The third-order valence-corrected chi connectivity index (χ3v) is 1.84. The summed E-state index contributed by atoms with van der Waals surface area (Å²) in [6.45, 7) is 8.82. The van der Waals surface area contributed by atoms with Crippen molar-refractivity contribution in [3.63, 3.8) is 0 Å². The molecule has 0 rings (SSSR count). The topological polar surface area (TPSA) is 49.3 Å². The normalized spacial score (nSPS) is 13.4. The van der Waals surface area contributed by atoms with E-state index in [-0.39, 0.29) is 11.9 Å². The van der Waals surface area contributed by atoms with Crippen LogP contribution < -0.4 is 5.32 Å². The summed E-state index contributed by atoms with van der Waals surface area (Å²) in [5.74, 6) is -0.158. The van der Waals surface area contributed by atoms with Crippen LogP contribution >= 0.6 is 0 Å². The largest absolute Gasteiger partial charge is 0.388 e. The zero-order valence-corrected chi connectivity index (χ0v) is 9.01. The van der Waals surface area contributed by atoms with E-state index in [2.05, 4.69) is 5.32 Å². The molecule has 0 bridgehead atoms. The third-order valence-electron chi connectivity index (χ3n) is 1.84. The molecule has 76 valence electrons. The molecule has 0 fully saturated rings. The molecule has 0 aromatic carbocycles. The highest BCUT2D eigenvalue weighted by molar-refractivity contribution is 5.88. The molecule has 1 unspecified atom stereocenters. The second-order valence-electron chi connectivity index (χ2n) is 4.11. The molecule has 0 heterocycles. The van der Waals surface area contributed by atoms with Crippen molar-refractivity contribution >= 4 is 5.91 Å². The zero-order chi connectivity index (χ0) is 10.6. The van der Waals surface area contributed by atoms with Crippen molar-refractivity contribution in [3.8, 4) is 0 Å². The van der Waals surface area contributed by atoms with Gasteiger partial charge >= 0.3 is 0 Å². The van der Waals surface area contributed by atoms with Crippen molar-refractivity contribution in [1.82, 2.24) is 5.32 Å². The van der Waals surface area contributed by atoms with Crippen LogP contribution in [0.2, 0.25) is 0 Å². The molecule has 0 saturated carbocycles. The van der Waals surface area contributed by atoms with E-state index in [0.717, 1.165) is 5.57 Å². The molecule has 0 aliphatic carbocycles. The van der Waals surface area contributed by atoms with Crippen LogP contribution in [0.1, 0.15) is 34.6 Å². The van der Waals surface area contributed by atoms with Crippen LogP contribution in [0.3, 0.4) is 0 Å². The third kappa shape index (κ3) is 5.42. The highest BCUT2D eigenvalue weighted by Gasteiger charge is 2.22. The lowest BCUT2D eigenvalue weighted by atomic mass is 10.0. The average molecular weight is 185 g/mol. The number of carbonyl (C=O) groups is 1. The molecule has 3 nitrogen and oxygen atoms in total. The van der Waals surface area contributed by atoms with E-state index in [1.807, 2.05) is 13.8 Å². The Bertz CT molecular complexity index is 209. The molecular formula is C10H19NO2. The van der Waals surface area contributed by atoms with E-state index in [0.29, 0.717) is 0 Å². The summed E-state index contributed by atoms with van der Waals surface area (Å²) in [4.78, 5) is 11.2. The van der Waals surface area contributed by atoms with Gasteiger partial charge in [-0.25, -0.2) is 0 Å². The van der Waals surface area contributed by atoms with Gasteiger partial charge in [0.25, 0.3) is 0 Å². The molecule has 3 heteroatoms. The van der Waals surface area contributed by atoms with Gasteiger partial charge in [0.2, 0.25) is 5.91 Å². The van der Waals surface area contributed by atoms with Gasteiger partial charge in [0.1, 0.15) is 0 Å². The fraction of sp³-hybridized carbons (Fsp3) is 0.700. The quantitative estimate of drug-likeness (QED) is 0.650. The SMILES string of the molecule is CC(C)=CC(=O)NC(C)C(C)(C)O. The number of allylic oxidation sites excluding steroid dienone is 1. The number of nitrogens with one attached hydrogen (secondary N) is 1. The first-order valence-electron chi connectivity index (χ1n) is 4.41. The Morgan fingerprint density at radius 2 is 1.92 bits per heavy atom. The summed E-state index contributed by atoms with van der Waals surface area (Å²) in [5.41, 5.74) is 0.0611. The van der Waals surface area contributed by atoms with Gasteiger partial charge in [0.15, 0.2) is 0 Å². The molecule has 0 aromatic heterocycles. The van der Waals surface area contributed by atoms with Crippen molar-refractivity contribution in [2.75, 3.05) is 0 Å². The fourth-order valence-corrected chi connectivity index (χ4v) is 0.694. The molecule has 0 spiro atoms. The molecule has 0 aromatic rings. The minimum atomic E-state index is -0.884. The van der Waals surface area contributed by atoms with Crippen LogP contribution in [-0.2, 0) is 4.79 Å². The Balaban J connectivity index is 4.16. The Morgan fingerprint density at radius 1 is 1.46 bits per heavy atom. The van der Waals surface area contributed by atoms with E-state index in [1.54, 1.807) is 20.8 Å². The molecule has 0 aliphatic heterocycles. The second kappa shape index (κ2) is 4.42. The predicted molar refractivity (Wildman–Crippen MR) is 53.3 cm³/mol. The molecule has 13 heavy (non-hydrogen) atoms. The monoisotopic (exact) mass is 185 g/mol. The first kappa shape index (κ1) is 12.2. The number of rotatable bonds is 3. The van der Waals surface area contributed by atoms with E-state index >= 15 is 0 Å². The number of amides is 1. The Kier molecular flexibility index (Phi) is 4.14. The van der Waals surface area contributed by atoms with Crippen LogP contribution in [0.15, 0.2) is 11.6 Å². The van der Waals surface area contributed by atoms with E-state index in [1.165, 1.54) is 6.08 Å². The first-order valence-corrected chi connectivity index (χ1v) is 4.41. The second-order valence-corrected chi connectivity index (χ2v) is 4.11. The van der Waals surface area contributed by atoms with Gasteiger partial charge in [-0.05, 0) is 34.6 Å². The smallest absolute Gasteiger partial charge is 0.244 e. The summed E-state index contributed by atoms with van der Waals surface area (Å²) >= 11 is 0. The maximum Gasteiger partial charge on any atom is 0.244 e. The van der Waals surface area contributed by atoms with E-state index in [4.69, 9.17) is 0 Å². The lowest BCUT2D eigenvalue weighted by Crippen LogP contribution is -2.46. The van der Waals surface area contributed by atoms with Gasteiger partial charge in [-0.15, -0.1) is 0 Å². The van der Waals surface area contributed by atoms with Gasteiger partial charge < -0.3 is 10.4 Å². The van der Waals surface area contributed by atoms with Crippen molar-refractivity contribution < 1.29 is 9.90 Å². The van der Waals surface area contributed by atoms with Gasteiger partial charge in [-0.3, -0.25) is 4.79 Å². The van der Waals surface area contributed by atoms with Crippen LogP contribution in [0, 0.1) is 0 Å². The van der Waals surface area contributed by atoms with Gasteiger partial charge in [0, 0.05) is 6.08 Å². The number of aliphatic hydroxyl groups is 1. The van der Waals surface area contributed by atoms with E-state index in [9.17, 15) is 9.90 Å². The van der Waals surface area contributed by atoms with Crippen molar-refractivity contribution in [2.45, 2.75) is 46.3 Å². The van der Waals surface area contributed by atoms with Crippen LogP contribution in [0.5, 0.6) is 0 Å². The van der Waals surface area contributed by atoms with Crippen LogP contribution in [0.4, 0.5) is 0 Å². The maximum atomic E-state index is 11.2. The van der Waals surface area contributed by atoms with E-state index < -0.39 is 5.60 Å². The summed E-state index contributed by atoms with van der Waals surface area (Å²) < 4.78 is 0. The molecule has 2 N–H and O–H groups in total. The molecule has 1 amide bonds. The number of carbonyl (C=O) groups excluding carboxylic acids is 1. The molecule has 0 saturated heterocycles. The molecule has 0 radical (unpaired) electrons. The lowest BCUT2D eigenvalue weighted by Gasteiger charge is -2.26. The maximum absolute atomic E-state index is 11.2. The van der Waals surface area contributed by atoms with Crippen LogP contribution in [-0.4, -0.2) is 22.7 Å². The summed E-state index contributed by atoms with van der Waals surface area (Å²) in [5, 5.41) is 12.2. The first-order chi connectivity index (χ1) is 5.73. The minimum absolute atomic E-state index is 0.158. The summed E-state index contributed by atoms with van der Waals surface area (Å²) in [6, 6.07) is -0.254. The zero-order valence-electron chi connectivity index (χ0n) is 9.01. The highest BCUT2D eigenvalue weighted by atomic mass is 16.3. The number of hydrogen-bond acceptors (Lipinski definition) is 2. The summed E-state index contributed by atoms with van der Waals surface area (Å²) in [7, 11) is 0. The Morgan fingerprint density at radius 3 is 2.23 bits per heavy atom. The predicted octanol–water partition coefficient (Wildman–Crippen LogP) is 1.23. The van der Waals surface area contributed by atoms with Crippen molar-refractivity contribution in [3.05, 3.63) is 11.6 Å². The fourth-order valence-electron chi connectivity index (χ4n) is 0.694. The number of hydrogen-bond donors (Lipinski definition) is 2. The van der Waals surface area contributed by atoms with Crippen molar-refractivity contribution in [1.29, 1.82) is 0 Å². The van der Waals surface area contributed by atoms with Crippen LogP contribution in [0.25, 0.3) is 0 Å². The highest BCUT2D eigenvalue weighted by Crippen LogP contribution is 2.07. The molecule has 1 atom stereocenters. The van der Waals surface area contributed by atoms with Crippen molar-refractivity contribution in [2.24, 2.45) is 0 Å². The lowest BCUT2D eigenvalue weighted by molar-refractivity contribution is -0.118. The Labute approximate surface area is 79.8 Å². The molecule has 0 aliphatic rings. The molecular weight excluding hydrogens is 166 g/mol. The van der Waals surface area contributed by atoms with Gasteiger partial charge in [-0.2, -0.15) is 0 Å². The Hall–Kier alpha value is -0.830.